The molecule has 1 amide bonds. The standard InChI is InChI=1S/C28H29ClF4N2O5/c29-18-11-20(13-21(12-18)40-28(31,32)33)39-19-5-8-34(9-6-19)15-17-10-24(30)23(14-22(17)16-3-4-16)26(36)35-7-1-2-25(35)27(37)38/h10-14,16,19,25H,1-9,15H2,(H,37,38). The lowest BCUT2D eigenvalue weighted by molar-refractivity contribution is -0.274. The quantitative estimate of drug-likeness (QED) is 0.384. The van der Waals surface area contributed by atoms with Gasteiger partial charge in [-0.2, -0.15) is 0 Å². The van der Waals surface area contributed by atoms with Crippen molar-refractivity contribution in [1.82, 2.24) is 9.80 Å². The zero-order valence-corrected chi connectivity index (χ0v) is 22.3. The van der Waals surface area contributed by atoms with Gasteiger partial charge in [-0.1, -0.05) is 11.6 Å². The number of carboxylic acid groups (broad SMARTS) is 1. The molecule has 0 aromatic heterocycles. The highest BCUT2D eigenvalue weighted by Gasteiger charge is 2.37. The summed E-state index contributed by atoms with van der Waals surface area (Å²) in [5.74, 6) is -2.34. The number of nitrogens with zero attached hydrogens (tertiary/aromatic N) is 2. The first-order valence-corrected chi connectivity index (χ1v) is 13.7. The van der Waals surface area contributed by atoms with Crippen molar-refractivity contribution in [3.63, 3.8) is 0 Å². The Kier molecular flexibility index (Phi) is 8.15. The van der Waals surface area contributed by atoms with Crippen molar-refractivity contribution in [2.45, 2.75) is 69.5 Å². The molecule has 5 rings (SSSR count). The topological polar surface area (TPSA) is 79.3 Å². The number of carboxylic acids is 1. The number of hydrogen-bond acceptors (Lipinski definition) is 5. The second-order valence-corrected chi connectivity index (χ2v) is 11.0. The average Bonchev–Trinajstić information content (AvgIpc) is 3.58. The van der Waals surface area contributed by atoms with E-state index < -0.39 is 35.8 Å². The van der Waals surface area contributed by atoms with E-state index >= 15 is 4.39 Å². The summed E-state index contributed by atoms with van der Waals surface area (Å²) >= 11 is 5.94. The summed E-state index contributed by atoms with van der Waals surface area (Å²) in [5, 5.41) is 9.50. The number of halogens is 5. The molecule has 2 aromatic carbocycles. The predicted octanol–water partition coefficient (Wildman–Crippen LogP) is 5.99. The fourth-order valence-electron chi connectivity index (χ4n) is 5.54. The number of benzene rings is 2. The summed E-state index contributed by atoms with van der Waals surface area (Å²) < 4.78 is 62.9. The van der Waals surface area contributed by atoms with Gasteiger partial charge in [0, 0.05) is 37.3 Å². The van der Waals surface area contributed by atoms with E-state index in [4.69, 9.17) is 16.3 Å². The van der Waals surface area contributed by atoms with Crippen molar-refractivity contribution in [3.05, 3.63) is 57.9 Å². The molecule has 40 heavy (non-hydrogen) atoms. The van der Waals surface area contributed by atoms with Crippen LogP contribution in [0.2, 0.25) is 5.02 Å². The summed E-state index contributed by atoms with van der Waals surface area (Å²) in [6.45, 7) is 2.01. The van der Waals surface area contributed by atoms with Crippen LogP contribution in [0.4, 0.5) is 17.6 Å². The molecule has 2 aromatic rings. The Morgan fingerprint density at radius 2 is 1.68 bits per heavy atom. The SMILES string of the molecule is O=C(O)C1CCCN1C(=O)c1cc(C2CC2)c(CN2CCC(Oc3cc(Cl)cc(OC(F)(F)F)c3)CC2)cc1F. The highest BCUT2D eigenvalue weighted by Crippen LogP contribution is 2.43. The van der Waals surface area contributed by atoms with Crippen LogP contribution in [-0.4, -0.2) is 64.9 Å². The predicted molar refractivity (Wildman–Crippen MR) is 137 cm³/mol. The first-order chi connectivity index (χ1) is 19.0. The number of ether oxygens (including phenoxy) is 2. The van der Waals surface area contributed by atoms with Gasteiger partial charge < -0.3 is 19.5 Å². The van der Waals surface area contributed by atoms with Gasteiger partial charge in [0.2, 0.25) is 0 Å². The fourth-order valence-corrected chi connectivity index (χ4v) is 5.76. The normalized spacial score (nSPS) is 20.5. The number of hydrogen-bond donors (Lipinski definition) is 1. The Labute approximate surface area is 233 Å². The van der Waals surface area contributed by atoms with Crippen molar-refractivity contribution >= 4 is 23.5 Å². The van der Waals surface area contributed by atoms with Crippen LogP contribution in [0.3, 0.4) is 0 Å². The second-order valence-electron chi connectivity index (χ2n) is 10.6. The van der Waals surface area contributed by atoms with Crippen LogP contribution in [0.15, 0.2) is 30.3 Å². The van der Waals surface area contributed by atoms with Crippen LogP contribution < -0.4 is 9.47 Å². The maximum Gasteiger partial charge on any atom is 0.573 e. The minimum Gasteiger partial charge on any atom is -0.490 e. The summed E-state index contributed by atoms with van der Waals surface area (Å²) in [6, 6.07) is 5.73. The van der Waals surface area contributed by atoms with E-state index in [1.807, 2.05) is 0 Å². The third-order valence-corrected chi connectivity index (χ3v) is 7.80. The van der Waals surface area contributed by atoms with E-state index in [9.17, 15) is 27.9 Å². The number of carbonyl (C=O) groups excluding carboxylic acids is 1. The zero-order valence-electron chi connectivity index (χ0n) is 21.6. The lowest BCUT2D eigenvalue weighted by Crippen LogP contribution is -2.41. The summed E-state index contributed by atoms with van der Waals surface area (Å²) in [6.07, 6.45) is -1.06. The van der Waals surface area contributed by atoms with Crippen LogP contribution in [0, 0.1) is 5.82 Å². The minimum atomic E-state index is -4.84. The van der Waals surface area contributed by atoms with Gasteiger partial charge in [0.1, 0.15) is 29.5 Å². The molecule has 1 atom stereocenters. The molecule has 2 saturated heterocycles. The van der Waals surface area contributed by atoms with Crippen LogP contribution in [0.5, 0.6) is 11.5 Å². The number of carbonyl (C=O) groups is 2. The first-order valence-electron chi connectivity index (χ1n) is 13.3. The molecule has 0 spiro atoms. The molecule has 1 N–H and O–H groups in total. The molecule has 0 radical (unpaired) electrons. The van der Waals surface area contributed by atoms with Gasteiger partial charge in [-0.3, -0.25) is 9.69 Å². The van der Waals surface area contributed by atoms with Gasteiger partial charge in [0.15, 0.2) is 0 Å². The maximum absolute atomic E-state index is 15.2. The molecule has 1 aliphatic carbocycles. The molecule has 0 bridgehead atoms. The second kappa shape index (κ2) is 11.4. The van der Waals surface area contributed by atoms with E-state index in [1.165, 1.54) is 17.0 Å². The Balaban J connectivity index is 1.23. The summed E-state index contributed by atoms with van der Waals surface area (Å²) in [5.41, 5.74) is 1.64. The van der Waals surface area contributed by atoms with E-state index in [0.717, 1.165) is 36.1 Å². The lowest BCUT2D eigenvalue weighted by atomic mass is 9.97. The molecule has 12 heteroatoms. The molecule has 7 nitrogen and oxygen atoms in total. The number of alkyl halides is 3. The Morgan fingerprint density at radius 3 is 2.33 bits per heavy atom. The number of amides is 1. The van der Waals surface area contributed by atoms with Crippen LogP contribution in [0.25, 0.3) is 0 Å². The van der Waals surface area contributed by atoms with Gasteiger partial charge in [-0.05, 0) is 79.8 Å². The zero-order chi connectivity index (χ0) is 28.6. The van der Waals surface area contributed by atoms with Crippen molar-refractivity contribution in [2.75, 3.05) is 19.6 Å². The summed E-state index contributed by atoms with van der Waals surface area (Å²) in [4.78, 5) is 28.0. The van der Waals surface area contributed by atoms with E-state index in [2.05, 4.69) is 9.64 Å². The van der Waals surface area contributed by atoms with Crippen molar-refractivity contribution in [1.29, 1.82) is 0 Å². The molecule has 1 saturated carbocycles. The average molecular weight is 585 g/mol. The van der Waals surface area contributed by atoms with Crippen molar-refractivity contribution in [3.8, 4) is 11.5 Å². The number of piperidine rings is 1. The minimum absolute atomic E-state index is 0.0639. The van der Waals surface area contributed by atoms with Crippen molar-refractivity contribution < 1.29 is 41.7 Å². The van der Waals surface area contributed by atoms with E-state index in [1.54, 1.807) is 6.07 Å². The van der Waals surface area contributed by atoms with Gasteiger partial charge in [-0.25, -0.2) is 9.18 Å². The van der Waals surface area contributed by atoms with E-state index in [0.29, 0.717) is 51.9 Å². The van der Waals surface area contributed by atoms with Crippen molar-refractivity contribution in [2.24, 2.45) is 0 Å². The molecular weight excluding hydrogens is 556 g/mol. The maximum atomic E-state index is 15.2. The molecule has 216 valence electrons. The molecule has 2 aliphatic heterocycles. The van der Waals surface area contributed by atoms with Crippen LogP contribution in [-0.2, 0) is 11.3 Å². The lowest BCUT2D eigenvalue weighted by Gasteiger charge is -2.33. The monoisotopic (exact) mass is 584 g/mol. The smallest absolute Gasteiger partial charge is 0.490 e. The molecule has 3 fully saturated rings. The third kappa shape index (κ3) is 6.80. The highest BCUT2D eigenvalue weighted by atomic mass is 35.5. The Morgan fingerprint density at radius 1 is 0.975 bits per heavy atom. The number of likely N-dealkylation sites (tertiary alicyclic amines) is 2. The Bertz CT molecular complexity index is 1280. The molecule has 2 heterocycles. The third-order valence-electron chi connectivity index (χ3n) is 7.58. The number of aliphatic carboxylic acids is 1. The first kappa shape index (κ1) is 28.5. The Hall–Kier alpha value is -3.05. The molecular formula is C28H29ClF4N2O5. The van der Waals surface area contributed by atoms with Gasteiger partial charge >= 0.3 is 12.3 Å². The van der Waals surface area contributed by atoms with Crippen LogP contribution >= 0.6 is 11.6 Å². The number of rotatable bonds is 8. The summed E-state index contributed by atoms with van der Waals surface area (Å²) in [7, 11) is 0. The molecule has 3 aliphatic rings. The van der Waals surface area contributed by atoms with Gasteiger partial charge in [-0.15, -0.1) is 13.2 Å². The van der Waals surface area contributed by atoms with Gasteiger partial charge in [0.05, 0.1) is 5.56 Å². The highest BCUT2D eigenvalue weighted by molar-refractivity contribution is 6.30. The molecule has 1 unspecified atom stereocenters. The fraction of sp³-hybridized carbons (Fsp3) is 0.500. The largest absolute Gasteiger partial charge is 0.573 e. The van der Waals surface area contributed by atoms with E-state index in [-0.39, 0.29) is 28.4 Å². The van der Waals surface area contributed by atoms with Crippen LogP contribution in [0.1, 0.15) is 65.9 Å². The van der Waals surface area contributed by atoms with Gasteiger partial charge in [0.25, 0.3) is 5.91 Å².